The van der Waals surface area contributed by atoms with Gasteiger partial charge in [-0.1, -0.05) is 0 Å². The molecule has 1 aromatic heterocycles. The van der Waals surface area contributed by atoms with E-state index in [1.165, 1.54) is 18.4 Å². The minimum Gasteiger partial charge on any atom is -0.469 e. The molecule has 0 saturated carbocycles. The van der Waals surface area contributed by atoms with Gasteiger partial charge >= 0.3 is 5.97 Å². The van der Waals surface area contributed by atoms with Crippen LogP contribution in [0.2, 0.25) is 0 Å². The molecule has 14 heavy (non-hydrogen) atoms. The first-order valence-electron chi connectivity index (χ1n) is 4.10. The van der Waals surface area contributed by atoms with Crippen molar-refractivity contribution < 1.29 is 19.7 Å². The first-order chi connectivity index (χ1) is 6.65. The standard InChI is InChI=1S/C9H12O4S/c1-13-8(11)4-7(10)9(12)6-2-3-14-5-6/h2-3,5,7,9-10,12H,4H2,1H3. The zero-order valence-corrected chi connectivity index (χ0v) is 8.53. The summed E-state index contributed by atoms with van der Waals surface area (Å²) in [5.41, 5.74) is 0.617. The van der Waals surface area contributed by atoms with Gasteiger partial charge in [-0.25, -0.2) is 0 Å². The van der Waals surface area contributed by atoms with E-state index in [1.54, 1.807) is 16.8 Å². The molecule has 5 heteroatoms. The van der Waals surface area contributed by atoms with E-state index in [-0.39, 0.29) is 6.42 Å². The summed E-state index contributed by atoms with van der Waals surface area (Å²) in [6.45, 7) is 0. The average molecular weight is 216 g/mol. The van der Waals surface area contributed by atoms with E-state index in [0.717, 1.165) is 0 Å². The summed E-state index contributed by atoms with van der Waals surface area (Å²) in [5, 5.41) is 22.5. The molecule has 2 unspecified atom stereocenters. The highest BCUT2D eigenvalue weighted by Gasteiger charge is 2.21. The molecule has 0 saturated heterocycles. The number of carbonyl (C=O) groups excluding carboxylic acids is 1. The van der Waals surface area contributed by atoms with Gasteiger partial charge in [-0.2, -0.15) is 11.3 Å². The summed E-state index contributed by atoms with van der Waals surface area (Å²) in [7, 11) is 1.24. The van der Waals surface area contributed by atoms with Crippen molar-refractivity contribution in [2.24, 2.45) is 0 Å². The number of esters is 1. The number of hydrogen-bond acceptors (Lipinski definition) is 5. The molecule has 0 amide bonds. The molecule has 0 aromatic carbocycles. The lowest BCUT2D eigenvalue weighted by Gasteiger charge is -2.15. The summed E-state index contributed by atoms with van der Waals surface area (Å²) in [4.78, 5) is 10.8. The van der Waals surface area contributed by atoms with E-state index in [4.69, 9.17) is 0 Å². The normalized spacial score (nSPS) is 14.8. The Morgan fingerprint density at radius 1 is 1.64 bits per heavy atom. The van der Waals surface area contributed by atoms with E-state index in [2.05, 4.69) is 4.74 Å². The maximum absolute atomic E-state index is 10.8. The van der Waals surface area contributed by atoms with Crippen molar-refractivity contribution in [3.8, 4) is 0 Å². The summed E-state index contributed by atoms with van der Waals surface area (Å²) < 4.78 is 4.38. The Bertz CT molecular complexity index is 283. The van der Waals surface area contributed by atoms with Gasteiger partial charge < -0.3 is 14.9 Å². The molecule has 0 fully saturated rings. The van der Waals surface area contributed by atoms with Gasteiger partial charge in [-0.3, -0.25) is 4.79 Å². The predicted molar refractivity (Wildman–Crippen MR) is 51.9 cm³/mol. The first kappa shape index (κ1) is 11.2. The highest BCUT2D eigenvalue weighted by Crippen LogP contribution is 2.21. The highest BCUT2D eigenvalue weighted by atomic mass is 32.1. The minimum atomic E-state index is -1.11. The second kappa shape index (κ2) is 5.09. The summed E-state index contributed by atoms with van der Waals surface area (Å²) in [5.74, 6) is -0.535. The van der Waals surface area contributed by atoms with Gasteiger partial charge in [0.15, 0.2) is 0 Å². The molecule has 2 N–H and O–H groups in total. The van der Waals surface area contributed by atoms with Gasteiger partial charge in [0, 0.05) is 0 Å². The zero-order chi connectivity index (χ0) is 10.6. The average Bonchev–Trinajstić information content (AvgIpc) is 2.69. The molecule has 1 heterocycles. The van der Waals surface area contributed by atoms with Crippen LogP contribution in [0.3, 0.4) is 0 Å². The Kier molecular flexibility index (Phi) is 4.06. The minimum absolute atomic E-state index is 0.201. The smallest absolute Gasteiger partial charge is 0.308 e. The van der Waals surface area contributed by atoms with Crippen LogP contribution in [0.5, 0.6) is 0 Å². The first-order valence-corrected chi connectivity index (χ1v) is 5.04. The number of aliphatic hydroxyl groups excluding tert-OH is 2. The van der Waals surface area contributed by atoms with Crippen LogP contribution in [0, 0.1) is 0 Å². The van der Waals surface area contributed by atoms with Crippen LogP contribution in [0.1, 0.15) is 18.1 Å². The maximum Gasteiger partial charge on any atom is 0.308 e. The van der Waals surface area contributed by atoms with Gasteiger partial charge in [0.05, 0.1) is 19.6 Å². The third-order valence-electron chi connectivity index (χ3n) is 1.85. The number of aliphatic hydroxyl groups is 2. The van der Waals surface area contributed by atoms with Crippen molar-refractivity contribution in [2.45, 2.75) is 18.6 Å². The van der Waals surface area contributed by atoms with Crippen molar-refractivity contribution >= 4 is 17.3 Å². The Morgan fingerprint density at radius 3 is 2.86 bits per heavy atom. The molecular weight excluding hydrogens is 204 g/mol. The fraction of sp³-hybridized carbons (Fsp3) is 0.444. The molecular formula is C9H12O4S. The molecule has 0 aliphatic heterocycles. The van der Waals surface area contributed by atoms with Crippen LogP contribution in [-0.4, -0.2) is 29.4 Å². The van der Waals surface area contributed by atoms with E-state index in [9.17, 15) is 15.0 Å². The number of ether oxygens (including phenoxy) is 1. The SMILES string of the molecule is COC(=O)CC(O)C(O)c1ccsc1. The van der Waals surface area contributed by atoms with Crippen LogP contribution >= 0.6 is 11.3 Å². The largest absolute Gasteiger partial charge is 0.469 e. The second-order valence-electron chi connectivity index (χ2n) is 2.85. The Labute approximate surface area is 85.8 Å². The Balaban J connectivity index is 2.53. The highest BCUT2D eigenvalue weighted by molar-refractivity contribution is 7.07. The number of methoxy groups -OCH3 is 1. The molecule has 78 valence electrons. The molecule has 0 spiro atoms. The Hall–Kier alpha value is -0.910. The monoisotopic (exact) mass is 216 g/mol. The molecule has 0 bridgehead atoms. The molecule has 1 rings (SSSR count). The Morgan fingerprint density at radius 2 is 2.36 bits per heavy atom. The van der Waals surface area contributed by atoms with E-state index in [1.807, 2.05) is 0 Å². The topological polar surface area (TPSA) is 66.8 Å². The number of carbonyl (C=O) groups is 1. The lowest BCUT2D eigenvalue weighted by Crippen LogP contribution is -2.22. The number of thiophene rings is 1. The van der Waals surface area contributed by atoms with Crippen molar-refractivity contribution in [2.75, 3.05) is 7.11 Å². The molecule has 2 atom stereocenters. The van der Waals surface area contributed by atoms with Crippen molar-refractivity contribution in [1.29, 1.82) is 0 Å². The maximum atomic E-state index is 10.8. The third kappa shape index (κ3) is 2.80. The van der Waals surface area contributed by atoms with E-state index < -0.39 is 18.2 Å². The number of rotatable bonds is 4. The molecule has 0 aliphatic rings. The van der Waals surface area contributed by atoms with E-state index in [0.29, 0.717) is 5.56 Å². The molecule has 0 aliphatic carbocycles. The quantitative estimate of drug-likeness (QED) is 0.727. The zero-order valence-electron chi connectivity index (χ0n) is 7.71. The van der Waals surface area contributed by atoms with Crippen LogP contribution in [0.4, 0.5) is 0 Å². The molecule has 4 nitrogen and oxygen atoms in total. The molecule has 1 aromatic rings. The lowest BCUT2D eigenvalue weighted by molar-refractivity contribution is -0.144. The second-order valence-corrected chi connectivity index (χ2v) is 3.63. The van der Waals surface area contributed by atoms with Crippen LogP contribution in [0.25, 0.3) is 0 Å². The summed E-state index contributed by atoms with van der Waals surface area (Å²) in [6.07, 6.45) is -2.34. The summed E-state index contributed by atoms with van der Waals surface area (Å²) in [6, 6.07) is 1.70. The van der Waals surface area contributed by atoms with Gasteiger partial charge in [0.2, 0.25) is 0 Å². The fourth-order valence-electron chi connectivity index (χ4n) is 1.03. The van der Waals surface area contributed by atoms with Gasteiger partial charge in [-0.05, 0) is 22.4 Å². The molecule has 0 radical (unpaired) electrons. The van der Waals surface area contributed by atoms with Crippen molar-refractivity contribution in [3.05, 3.63) is 22.4 Å². The van der Waals surface area contributed by atoms with Gasteiger partial charge in [-0.15, -0.1) is 0 Å². The number of hydrogen-bond donors (Lipinski definition) is 2. The summed E-state index contributed by atoms with van der Waals surface area (Å²) >= 11 is 1.42. The van der Waals surface area contributed by atoms with Crippen LogP contribution < -0.4 is 0 Å². The third-order valence-corrected chi connectivity index (χ3v) is 2.55. The van der Waals surface area contributed by atoms with Crippen molar-refractivity contribution in [1.82, 2.24) is 0 Å². The lowest BCUT2D eigenvalue weighted by atomic mass is 10.1. The van der Waals surface area contributed by atoms with Gasteiger partial charge in [0.1, 0.15) is 6.10 Å². The van der Waals surface area contributed by atoms with Gasteiger partial charge in [0.25, 0.3) is 0 Å². The van der Waals surface area contributed by atoms with Crippen LogP contribution in [-0.2, 0) is 9.53 Å². The van der Waals surface area contributed by atoms with E-state index >= 15 is 0 Å². The van der Waals surface area contributed by atoms with Crippen LogP contribution in [0.15, 0.2) is 16.8 Å². The van der Waals surface area contributed by atoms with Crippen molar-refractivity contribution in [3.63, 3.8) is 0 Å². The predicted octanol–water partition coefficient (Wildman–Crippen LogP) is 0.706. The fourth-order valence-corrected chi connectivity index (χ4v) is 1.72.